The summed E-state index contributed by atoms with van der Waals surface area (Å²) in [5, 5.41) is 0. The Bertz CT molecular complexity index is 98.4. The topological polar surface area (TPSA) is 12.4 Å². The van der Waals surface area contributed by atoms with Gasteiger partial charge in [-0.3, -0.25) is 4.99 Å². The Balaban J connectivity index is 0. The van der Waals surface area contributed by atoms with Gasteiger partial charge in [-0.05, 0) is 18.9 Å². The maximum Gasteiger partial charge on any atom is 0.0277 e. The van der Waals surface area contributed by atoms with E-state index in [4.69, 9.17) is 0 Å². The van der Waals surface area contributed by atoms with Crippen molar-refractivity contribution in [2.75, 3.05) is 7.05 Å². The second kappa shape index (κ2) is 7.41. The van der Waals surface area contributed by atoms with Gasteiger partial charge in [0.2, 0.25) is 0 Å². The van der Waals surface area contributed by atoms with Crippen molar-refractivity contribution in [3.05, 3.63) is 11.6 Å². The molecule has 0 atom stereocenters. The molecule has 0 aromatic heterocycles. The SMILES string of the molecule is C.C/C=C(\C=NC)CC. The lowest BCUT2D eigenvalue weighted by Gasteiger charge is -1.89. The van der Waals surface area contributed by atoms with Gasteiger partial charge in [0.05, 0.1) is 0 Å². The van der Waals surface area contributed by atoms with Crippen LogP contribution in [0.5, 0.6) is 0 Å². The van der Waals surface area contributed by atoms with E-state index in [1.807, 2.05) is 13.1 Å². The van der Waals surface area contributed by atoms with Crippen LogP contribution in [0.25, 0.3) is 0 Å². The third-order valence-electron chi connectivity index (χ3n) is 1.07. The van der Waals surface area contributed by atoms with Gasteiger partial charge in [0.1, 0.15) is 0 Å². The largest absolute Gasteiger partial charge is 0.296 e. The van der Waals surface area contributed by atoms with E-state index in [9.17, 15) is 0 Å². The molecule has 0 rings (SSSR count). The number of hydrogen-bond acceptors (Lipinski definition) is 1. The minimum absolute atomic E-state index is 0. The molecule has 0 aliphatic carbocycles. The van der Waals surface area contributed by atoms with Crippen LogP contribution in [0.15, 0.2) is 16.6 Å². The number of hydrogen-bond donors (Lipinski definition) is 0. The van der Waals surface area contributed by atoms with Gasteiger partial charge in [-0.1, -0.05) is 20.4 Å². The molecule has 0 spiro atoms. The summed E-state index contributed by atoms with van der Waals surface area (Å²) in [6.07, 6.45) is 5.04. The van der Waals surface area contributed by atoms with E-state index in [2.05, 4.69) is 18.0 Å². The summed E-state index contributed by atoms with van der Waals surface area (Å²) in [6.45, 7) is 4.15. The van der Waals surface area contributed by atoms with Crippen LogP contribution in [0.4, 0.5) is 0 Å². The standard InChI is InChI=1S/C7H13N.CH4/c1-4-7(5-2)6-8-3;/h4,6H,5H2,1-3H3;1H4/b7-4-,8-6?;. The van der Waals surface area contributed by atoms with E-state index in [0.29, 0.717) is 0 Å². The van der Waals surface area contributed by atoms with Crippen LogP contribution in [0, 0.1) is 0 Å². The molecule has 0 aromatic carbocycles. The summed E-state index contributed by atoms with van der Waals surface area (Å²) < 4.78 is 0. The molecule has 9 heavy (non-hydrogen) atoms. The normalized spacial score (nSPS) is 11.7. The predicted molar refractivity (Wildman–Crippen MR) is 45.2 cm³/mol. The average molecular weight is 127 g/mol. The summed E-state index contributed by atoms with van der Waals surface area (Å²) in [6, 6.07) is 0. The monoisotopic (exact) mass is 127 g/mol. The molecular formula is C8H17N. The number of allylic oxidation sites excluding steroid dienone is 2. The minimum atomic E-state index is 0. The molecule has 0 bridgehead atoms. The van der Waals surface area contributed by atoms with Gasteiger partial charge in [-0.2, -0.15) is 0 Å². The fourth-order valence-corrected chi connectivity index (χ4v) is 0.536. The molecule has 1 heteroatoms. The summed E-state index contributed by atoms with van der Waals surface area (Å²) in [4.78, 5) is 3.88. The predicted octanol–water partition coefficient (Wildman–Crippen LogP) is 2.68. The Morgan fingerprint density at radius 3 is 2.22 bits per heavy atom. The van der Waals surface area contributed by atoms with Crippen molar-refractivity contribution in [3.63, 3.8) is 0 Å². The van der Waals surface area contributed by atoms with E-state index < -0.39 is 0 Å². The number of aliphatic imine (C=N–C) groups is 1. The van der Waals surface area contributed by atoms with Crippen molar-refractivity contribution in [3.8, 4) is 0 Å². The molecule has 0 amide bonds. The van der Waals surface area contributed by atoms with Crippen LogP contribution in [-0.2, 0) is 0 Å². The summed E-state index contributed by atoms with van der Waals surface area (Å²) in [7, 11) is 1.79. The molecule has 0 heterocycles. The molecule has 0 fully saturated rings. The smallest absolute Gasteiger partial charge is 0.0277 e. The van der Waals surface area contributed by atoms with Crippen molar-refractivity contribution in [1.82, 2.24) is 0 Å². The van der Waals surface area contributed by atoms with Crippen LogP contribution < -0.4 is 0 Å². The van der Waals surface area contributed by atoms with E-state index in [1.54, 1.807) is 7.05 Å². The van der Waals surface area contributed by atoms with Gasteiger partial charge in [0.25, 0.3) is 0 Å². The lowest BCUT2D eigenvalue weighted by molar-refractivity contribution is 1.17. The minimum Gasteiger partial charge on any atom is -0.296 e. The molecule has 0 saturated heterocycles. The summed E-state index contributed by atoms with van der Waals surface area (Å²) >= 11 is 0. The highest BCUT2D eigenvalue weighted by atomic mass is 14.6. The Kier molecular flexibility index (Phi) is 9.25. The van der Waals surface area contributed by atoms with Crippen molar-refractivity contribution < 1.29 is 0 Å². The van der Waals surface area contributed by atoms with Crippen LogP contribution in [-0.4, -0.2) is 13.3 Å². The van der Waals surface area contributed by atoms with E-state index in [1.165, 1.54) is 5.57 Å². The first-order chi connectivity index (χ1) is 3.85. The van der Waals surface area contributed by atoms with Gasteiger partial charge in [0, 0.05) is 13.3 Å². The van der Waals surface area contributed by atoms with E-state index >= 15 is 0 Å². The van der Waals surface area contributed by atoms with Crippen LogP contribution in [0.2, 0.25) is 0 Å². The van der Waals surface area contributed by atoms with Crippen LogP contribution in [0.3, 0.4) is 0 Å². The van der Waals surface area contributed by atoms with Crippen molar-refractivity contribution in [2.45, 2.75) is 27.7 Å². The third-order valence-corrected chi connectivity index (χ3v) is 1.07. The first kappa shape index (κ1) is 11.2. The fourth-order valence-electron chi connectivity index (χ4n) is 0.536. The van der Waals surface area contributed by atoms with Crippen molar-refractivity contribution in [1.29, 1.82) is 0 Å². The molecule has 0 radical (unpaired) electrons. The molecule has 1 nitrogen and oxygen atoms in total. The molecule has 0 unspecified atom stereocenters. The maximum absolute atomic E-state index is 3.88. The number of nitrogens with zero attached hydrogens (tertiary/aromatic N) is 1. The zero-order chi connectivity index (χ0) is 6.41. The van der Waals surface area contributed by atoms with Crippen molar-refractivity contribution in [2.24, 2.45) is 4.99 Å². The van der Waals surface area contributed by atoms with Gasteiger partial charge in [-0.15, -0.1) is 0 Å². The van der Waals surface area contributed by atoms with E-state index in [-0.39, 0.29) is 7.43 Å². The highest BCUT2D eigenvalue weighted by molar-refractivity contribution is 5.77. The fraction of sp³-hybridized carbons (Fsp3) is 0.625. The zero-order valence-electron chi connectivity index (χ0n) is 5.81. The Hall–Kier alpha value is -0.590. The average Bonchev–Trinajstić information content (AvgIpc) is 1.83. The highest BCUT2D eigenvalue weighted by Gasteiger charge is 1.80. The quantitative estimate of drug-likeness (QED) is 0.506. The number of rotatable bonds is 2. The van der Waals surface area contributed by atoms with Crippen LogP contribution in [0.1, 0.15) is 27.7 Å². The lowest BCUT2D eigenvalue weighted by Crippen LogP contribution is -1.79. The molecule has 0 aliphatic rings. The Morgan fingerprint density at radius 2 is 2.11 bits per heavy atom. The zero-order valence-corrected chi connectivity index (χ0v) is 5.81. The van der Waals surface area contributed by atoms with Crippen molar-refractivity contribution >= 4 is 6.21 Å². The molecule has 0 aliphatic heterocycles. The Morgan fingerprint density at radius 1 is 1.56 bits per heavy atom. The van der Waals surface area contributed by atoms with Crippen LogP contribution >= 0.6 is 0 Å². The highest BCUT2D eigenvalue weighted by Crippen LogP contribution is 1.93. The van der Waals surface area contributed by atoms with Gasteiger partial charge in [-0.25, -0.2) is 0 Å². The molecular weight excluding hydrogens is 110 g/mol. The summed E-state index contributed by atoms with van der Waals surface area (Å²) in [5.41, 5.74) is 1.30. The first-order valence-electron chi connectivity index (χ1n) is 2.92. The molecule has 54 valence electrons. The molecule has 0 aromatic rings. The lowest BCUT2D eigenvalue weighted by atomic mass is 10.2. The van der Waals surface area contributed by atoms with Gasteiger partial charge < -0.3 is 0 Å². The van der Waals surface area contributed by atoms with Gasteiger partial charge in [0.15, 0.2) is 0 Å². The van der Waals surface area contributed by atoms with Gasteiger partial charge >= 0.3 is 0 Å². The second-order valence-electron chi connectivity index (χ2n) is 1.60. The Labute approximate surface area is 58.5 Å². The first-order valence-corrected chi connectivity index (χ1v) is 2.92. The maximum atomic E-state index is 3.88. The third kappa shape index (κ3) is 5.28. The van der Waals surface area contributed by atoms with E-state index in [0.717, 1.165) is 6.42 Å². The molecule has 0 N–H and O–H groups in total. The second-order valence-corrected chi connectivity index (χ2v) is 1.60. The molecule has 0 saturated carbocycles. The summed E-state index contributed by atoms with van der Waals surface area (Å²) in [5.74, 6) is 0.